The molecule has 1 aromatic carbocycles. The van der Waals surface area contributed by atoms with Crippen molar-refractivity contribution in [3.8, 4) is 5.75 Å². The number of hydrogen-bond acceptors (Lipinski definition) is 3. The molecule has 0 aliphatic carbocycles. The normalized spacial score (nSPS) is 20.9. The highest BCUT2D eigenvalue weighted by atomic mass is 19.1. The van der Waals surface area contributed by atoms with Gasteiger partial charge in [0.15, 0.2) is 0 Å². The average Bonchev–Trinajstić information content (AvgIpc) is 2.82. The summed E-state index contributed by atoms with van der Waals surface area (Å²) in [5.74, 6) is 0.0644. The van der Waals surface area contributed by atoms with Gasteiger partial charge in [-0.25, -0.2) is 4.39 Å². The van der Waals surface area contributed by atoms with Crippen molar-refractivity contribution in [2.75, 3.05) is 13.2 Å². The monoisotopic (exact) mass is 254 g/mol. The molecular formula is C14H19FO3. The highest BCUT2D eigenvalue weighted by Gasteiger charge is 2.16. The molecule has 1 fully saturated rings. The summed E-state index contributed by atoms with van der Waals surface area (Å²) in [6.07, 6.45) is 2.56. The Morgan fingerprint density at radius 1 is 1.56 bits per heavy atom. The molecule has 1 N–H and O–H groups in total. The van der Waals surface area contributed by atoms with Crippen LogP contribution >= 0.6 is 0 Å². The maximum absolute atomic E-state index is 13.2. The molecule has 0 bridgehead atoms. The first-order valence-electron chi connectivity index (χ1n) is 6.38. The Kier molecular flexibility index (Phi) is 4.55. The van der Waals surface area contributed by atoms with Crippen molar-refractivity contribution in [3.05, 3.63) is 29.6 Å². The molecule has 2 rings (SSSR count). The molecule has 100 valence electrons. The van der Waals surface area contributed by atoms with Gasteiger partial charge in [0.05, 0.1) is 18.8 Å². The van der Waals surface area contributed by atoms with Crippen LogP contribution in [0, 0.1) is 5.82 Å². The van der Waals surface area contributed by atoms with Crippen LogP contribution in [-0.4, -0.2) is 24.4 Å². The van der Waals surface area contributed by atoms with Crippen LogP contribution in [0.1, 0.15) is 37.9 Å². The lowest BCUT2D eigenvalue weighted by Crippen LogP contribution is -2.11. The van der Waals surface area contributed by atoms with Crippen molar-refractivity contribution in [3.63, 3.8) is 0 Å². The molecule has 1 heterocycles. The maximum atomic E-state index is 13.2. The van der Waals surface area contributed by atoms with Crippen LogP contribution < -0.4 is 4.74 Å². The first-order chi connectivity index (χ1) is 8.66. The second-order valence-electron chi connectivity index (χ2n) is 4.63. The van der Waals surface area contributed by atoms with Crippen molar-refractivity contribution in [2.45, 2.75) is 38.4 Å². The molecule has 0 amide bonds. The molecule has 0 aromatic heterocycles. The van der Waals surface area contributed by atoms with Gasteiger partial charge in [-0.2, -0.15) is 0 Å². The Morgan fingerprint density at radius 3 is 3.06 bits per heavy atom. The number of aliphatic hydroxyl groups excluding tert-OH is 1. The summed E-state index contributed by atoms with van der Waals surface area (Å²) in [4.78, 5) is 0. The van der Waals surface area contributed by atoms with Gasteiger partial charge >= 0.3 is 0 Å². The summed E-state index contributed by atoms with van der Waals surface area (Å²) < 4.78 is 24.2. The fourth-order valence-corrected chi connectivity index (χ4v) is 2.15. The van der Waals surface area contributed by atoms with Gasteiger partial charge in [-0.1, -0.05) is 0 Å². The van der Waals surface area contributed by atoms with E-state index in [2.05, 4.69) is 0 Å². The summed E-state index contributed by atoms with van der Waals surface area (Å²) in [7, 11) is 0. The first-order valence-corrected chi connectivity index (χ1v) is 6.38. The summed E-state index contributed by atoms with van der Waals surface area (Å²) >= 11 is 0. The first kappa shape index (κ1) is 13.3. The highest BCUT2D eigenvalue weighted by molar-refractivity contribution is 5.35. The number of aliphatic hydroxyl groups is 1. The average molecular weight is 254 g/mol. The van der Waals surface area contributed by atoms with Crippen LogP contribution in [0.3, 0.4) is 0 Å². The van der Waals surface area contributed by atoms with E-state index >= 15 is 0 Å². The van der Waals surface area contributed by atoms with Crippen LogP contribution in [0.4, 0.5) is 4.39 Å². The molecule has 1 aromatic rings. The summed E-state index contributed by atoms with van der Waals surface area (Å²) in [6, 6.07) is 4.20. The van der Waals surface area contributed by atoms with Gasteiger partial charge in [0.2, 0.25) is 0 Å². The fourth-order valence-electron chi connectivity index (χ4n) is 2.15. The zero-order valence-electron chi connectivity index (χ0n) is 10.6. The lowest BCUT2D eigenvalue weighted by Gasteiger charge is -2.15. The number of hydrogen-bond donors (Lipinski definition) is 1. The third kappa shape index (κ3) is 3.43. The lowest BCUT2D eigenvalue weighted by atomic mass is 10.1. The van der Waals surface area contributed by atoms with E-state index in [1.54, 1.807) is 13.0 Å². The number of benzene rings is 1. The van der Waals surface area contributed by atoms with E-state index < -0.39 is 6.10 Å². The van der Waals surface area contributed by atoms with Crippen LogP contribution in [0.25, 0.3) is 0 Å². The zero-order valence-corrected chi connectivity index (χ0v) is 10.6. The Bertz CT molecular complexity index is 387. The Morgan fingerprint density at radius 2 is 2.39 bits per heavy atom. The fraction of sp³-hybridized carbons (Fsp3) is 0.571. The van der Waals surface area contributed by atoms with E-state index in [1.165, 1.54) is 12.1 Å². The Hall–Kier alpha value is -1.13. The van der Waals surface area contributed by atoms with Crippen LogP contribution in [0.5, 0.6) is 5.75 Å². The summed E-state index contributed by atoms with van der Waals surface area (Å²) in [5.41, 5.74) is 0.615. The van der Waals surface area contributed by atoms with Crippen molar-refractivity contribution < 1.29 is 19.0 Å². The van der Waals surface area contributed by atoms with E-state index in [-0.39, 0.29) is 11.9 Å². The maximum Gasteiger partial charge on any atom is 0.127 e. The Balaban J connectivity index is 1.92. The van der Waals surface area contributed by atoms with Crippen molar-refractivity contribution >= 4 is 0 Å². The molecule has 2 atom stereocenters. The Labute approximate surface area is 107 Å². The van der Waals surface area contributed by atoms with Gasteiger partial charge in [-0.3, -0.25) is 0 Å². The van der Waals surface area contributed by atoms with E-state index in [4.69, 9.17) is 9.47 Å². The summed E-state index contributed by atoms with van der Waals surface area (Å²) in [6.45, 7) is 2.94. The molecule has 18 heavy (non-hydrogen) atoms. The van der Waals surface area contributed by atoms with Crippen LogP contribution in [0.2, 0.25) is 0 Å². The third-order valence-corrected chi connectivity index (χ3v) is 3.15. The van der Waals surface area contributed by atoms with Gasteiger partial charge in [0, 0.05) is 24.7 Å². The summed E-state index contributed by atoms with van der Waals surface area (Å²) in [5, 5.41) is 9.58. The SMILES string of the molecule is CC(O)c1ccc(F)cc1OCCC1CCCO1. The molecule has 0 radical (unpaired) electrons. The molecular weight excluding hydrogens is 235 g/mol. The topological polar surface area (TPSA) is 38.7 Å². The molecule has 1 saturated heterocycles. The second kappa shape index (κ2) is 6.16. The molecule has 0 saturated carbocycles. The molecule has 3 nitrogen and oxygen atoms in total. The largest absolute Gasteiger partial charge is 0.493 e. The van der Waals surface area contributed by atoms with Crippen molar-refractivity contribution in [1.82, 2.24) is 0 Å². The predicted molar refractivity (Wildman–Crippen MR) is 66.1 cm³/mol. The third-order valence-electron chi connectivity index (χ3n) is 3.15. The van der Waals surface area contributed by atoms with Crippen molar-refractivity contribution in [2.24, 2.45) is 0 Å². The predicted octanol–water partition coefficient (Wildman–Crippen LogP) is 2.83. The molecule has 4 heteroatoms. The van der Waals surface area contributed by atoms with Gasteiger partial charge in [0.25, 0.3) is 0 Å². The van der Waals surface area contributed by atoms with Gasteiger partial charge in [-0.05, 0) is 31.9 Å². The van der Waals surface area contributed by atoms with Gasteiger partial charge in [-0.15, -0.1) is 0 Å². The minimum atomic E-state index is -0.664. The zero-order chi connectivity index (χ0) is 13.0. The minimum Gasteiger partial charge on any atom is -0.493 e. The van der Waals surface area contributed by atoms with Crippen LogP contribution in [-0.2, 0) is 4.74 Å². The van der Waals surface area contributed by atoms with E-state index in [1.807, 2.05) is 0 Å². The molecule has 1 aliphatic rings. The number of ether oxygens (including phenoxy) is 2. The van der Waals surface area contributed by atoms with Gasteiger partial charge < -0.3 is 14.6 Å². The number of halogens is 1. The van der Waals surface area contributed by atoms with E-state index in [0.29, 0.717) is 17.9 Å². The lowest BCUT2D eigenvalue weighted by molar-refractivity contribution is 0.0896. The minimum absolute atomic E-state index is 0.258. The standard InChI is InChI=1S/C14H19FO3/c1-10(16)13-5-4-11(15)9-14(13)18-8-6-12-3-2-7-17-12/h4-5,9-10,12,16H,2-3,6-8H2,1H3. The number of rotatable bonds is 5. The van der Waals surface area contributed by atoms with Gasteiger partial charge in [0.1, 0.15) is 11.6 Å². The highest BCUT2D eigenvalue weighted by Crippen LogP contribution is 2.26. The van der Waals surface area contributed by atoms with Crippen molar-refractivity contribution in [1.29, 1.82) is 0 Å². The second-order valence-corrected chi connectivity index (χ2v) is 4.63. The molecule has 1 aliphatic heterocycles. The van der Waals surface area contributed by atoms with E-state index in [0.717, 1.165) is 25.9 Å². The molecule has 0 spiro atoms. The van der Waals surface area contributed by atoms with E-state index in [9.17, 15) is 9.50 Å². The quantitative estimate of drug-likeness (QED) is 0.878. The smallest absolute Gasteiger partial charge is 0.127 e. The van der Waals surface area contributed by atoms with Crippen LogP contribution in [0.15, 0.2) is 18.2 Å². The molecule has 2 unspecified atom stereocenters.